The predicted molar refractivity (Wildman–Crippen MR) is 78.7 cm³/mol. The van der Waals surface area contributed by atoms with Crippen LogP contribution in [0.3, 0.4) is 0 Å². The second-order valence-electron chi connectivity index (χ2n) is 4.13. The van der Waals surface area contributed by atoms with E-state index in [4.69, 9.17) is 0 Å². The van der Waals surface area contributed by atoms with Crippen LogP contribution < -0.4 is 9.99 Å². The van der Waals surface area contributed by atoms with Crippen LogP contribution in [0, 0.1) is 0 Å². The highest BCUT2D eigenvalue weighted by Gasteiger charge is 2.05. The molecule has 20 heavy (non-hydrogen) atoms. The highest BCUT2D eigenvalue weighted by atomic mass is 16.2. The Morgan fingerprint density at radius 2 is 1.80 bits per heavy atom. The Labute approximate surface area is 118 Å². The van der Waals surface area contributed by atoms with Gasteiger partial charge in [0.1, 0.15) is 0 Å². The van der Waals surface area contributed by atoms with E-state index in [1.807, 2.05) is 67.0 Å². The predicted octanol–water partition coefficient (Wildman–Crippen LogP) is 1.79. The third kappa shape index (κ3) is 4.86. The van der Waals surface area contributed by atoms with Gasteiger partial charge in [0.25, 0.3) is 0 Å². The number of amides is 1. The number of nitrogens with one attached hydrogen (secondary N) is 1. The highest BCUT2D eigenvalue weighted by molar-refractivity contribution is 5.80. The molecule has 1 amide bonds. The normalized spacial score (nSPS) is 11.0. The average molecular weight is 266 g/mol. The van der Waals surface area contributed by atoms with E-state index in [1.54, 1.807) is 16.9 Å². The first kappa shape index (κ1) is 13.7. The maximum absolute atomic E-state index is 11.6. The molecule has 0 atom stereocenters. The van der Waals surface area contributed by atoms with Gasteiger partial charge in [-0.25, -0.2) is 5.43 Å². The van der Waals surface area contributed by atoms with Gasteiger partial charge in [0.15, 0.2) is 12.4 Å². The molecule has 0 aliphatic carbocycles. The van der Waals surface area contributed by atoms with Gasteiger partial charge in [-0.05, 0) is 11.6 Å². The van der Waals surface area contributed by atoms with E-state index in [2.05, 4.69) is 10.5 Å². The maximum Gasteiger partial charge on any atom is 0.305 e. The van der Waals surface area contributed by atoms with Crippen molar-refractivity contribution in [1.82, 2.24) is 5.43 Å². The summed E-state index contributed by atoms with van der Waals surface area (Å²) in [7, 11) is 0. The number of benzene rings is 1. The molecule has 100 valence electrons. The molecular formula is C16H16N3O+. The fourth-order valence-corrected chi connectivity index (χ4v) is 1.61. The molecule has 4 heteroatoms. The largest absolute Gasteiger partial charge is 0.305 e. The summed E-state index contributed by atoms with van der Waals surface area (Å²) in [5.74, 6) is -0.162. The number of hydrogen-bond acceptors (Lipinski definition) is 2. The van der Waals surface area contributed by atoms with E-state index in [0.717, 1.165) is 5.56 Å². The molecule has 0 unspecified atom stereocenters. The molecule has 0 saturated heterocycles. The third-order valence-electron chi connectivity index (χ3n) is 2.54. The van der Waals surface area contributed by atoms with Crippen LogP contribution in [0.15, 0.2) is 72.1 Å². The molecule has 0 saturated carbocycles. The van der Waals surface area contributed by atoms with Gasteiger partial charge in [0.05, 0.1) is 0 Å². The summed E-state index contributed by atoms with van der Waals surface area (Å²) in [6.45, 7) is 0.251. The smallest absolute Gasteiger partial charge is 0.266 e. The van der Waals surface area contributed by atoms with Crippen LogP contribution in [0.5, 0.6) is 0 Å². The van der Waals surface area contributed by atoms with Crippen molar-refractivity contribution < 1.29 is 9.36 Å². The molecule has 1 aromatic heterocycles. The van der Waals surface area contributed by atoms with E-state index < -0.39 is 0 Å². The molecule has 0 spiro atoms. The fourth-order valence-electron chi connectivity index (χ4n) is 1.61. The first-order chi connectivity index (χ1) is 9.84. The van der Waals surface area contributed by atoms with Crippen LogP contribution in [-0.4, -0.2) is 12.1 Å². The minimum atomic E-state index is -0.162. The number of aromatic nitrogens is 1. The average Bonchev–Trinajstić information content (AvgIpc) is 2.49. The van der Waals surface area contributed by atoms with Crippen LogP contribution in [0.1, 0.15) is 5.56 Å². The maximum atomic E-state index is 11.6. The molecule has 0 radical (unpaired) electrons. The third-order valence-corrected chi connectivity index (χ3v) is 2.54. The first-order valence-electron chi connectivity index (χ1n) is 6.32. The zero-order chi connectivity index (χ0) is 14.0. The quantitative estimate of drug-likeness (QED) is 0.500. The van der Waals surface area contributed by atoms with Gasteiger partial charge in [0, 0.05) is 18.3 Å². The van der Waals surface area contributed by atoms with Crippen molar-refractivity contribution in [2.75, 3.05) is 0 Å². The fraction of sp³-hybridized carbons (Fsp3) is 0.0625. The minimum Gasteiger partial charge on any atom is -0.266 e. The van der Waals surface area contributed by atoms with Crippen molar-refractivity contribution in [3.05, 3.63) is 72.6 Å². The lowest BCUT2D eigenvalue weighted by atomic mass is 10.2. The molecule has 1 N–H and O–H groups in total. The second kappa shape index (κ2) is 7.63. The first-order valence-corrected chi connectivity index (χ1v) is 6.32. The van der Waals surface area contributed by atoms with Gasteiger partial charge in [-0.15, -0.1) is 0 Å². The van der Waals surface area contributed by atoms with Crippen molar-refractivity contribution in [3.63, 3.8) is 0 Å². The number of hydrazone groups is 1. The Hall–Kier alpha value is -2.75. The summed E-state index contributed by atoms with van der Waals surface area (Å²) >= 11 is 0. The van der Waals surface area contributed by atoms with E-state index >= 15 is 0 Å². The Bertz CT molecular complexity index is 592. The Balaban J connectivity index is 1.76. The number of rotatable bonds is 5. The van der Waals surface area contributed by atoms with Gasteiger partial charge < -0.3 is 0 Å². The topological polar surface area (TPSA) is 45.3 Å². The number of hydrogen-bond donors (Lipinski definition) is 1. The van der Waals surface area contributed by atoms with Gasteiger partial charge in [-0.2, -0.15) is 9.67 Å². The van der Waals surface area contributed by atoms with E-state index in [0.29, 0.717) is 0 Å². The summed E-state index contributed by atoms with van der Waals surface area (Å²) in [6.07, 6.45) is 8.92. The summed E-state index contributed by atoms with van der Waals surface area (Å²) in [4.78, 5) is 11.6. The second-order valence-corrected chi connectivity index (χ2v) is 4.13. The minimum absolute atomic E-state index is 0.162. The van der Waals surface area contributed by atoms with Gasteiger partial charge in [0.2, 0.25) is 6.54 Å². The Kier molecular flexibility index (Phi) is 5.22. The van der Waals surface area contributed by atoms with Crippen molar-refractivity contribution in [2.24, 2.45) is 5.10 Å². The highest BCUT2D eigenvalue weighted by Crippen LogP contribution is 1.99. The van der Waals surface area contributed by atoms with Crippen LogP contribution in [0.2, 0.25) is 0 Å². The molecule has 0 aliphatic heterocycles. The van der Waals surface area contributed by atoms with Crippen LogP contribution in [0.4, 0.5) is 0 Å². The van der Waals surface area contributed by atoms with Crippen molar-refractivity contribution in [3.8, 4) is 0 Å². The molecular weight excluding hydrogens is 250 g/mol. The standard InChI is InChI=1S/C16H15N3O/c20-16(14-19-12-5-2-6-13-19)18-17-11-7-10-15-8-3-1-4-9-15/h1-13H,14H2/p+1/b10-7+,17-11+. The zero-order valence-corrected chi connectivity index (χ0v) is 11.0. The van der Waals surface area contributed by atoms with Crippen molar-refractivity contribution in [2.45, 2.75) is 6.54 Å². The Morgan fingerprint density at radius 1 is 1.10 bits per heavy atom. The SMILES string of the molecule is O=C(C[n+]1ccccc1)N/N=C/C=C/c1ccccc1. The lowest BCUT2D eigenvalue weighted by Gasteiger charge is -1.95. The lowest BCUT2D eigenvalue weighted by molar-refractivity contribution is -0.684. The summed E-state index contributed by atoms with van der Waals surface area (Å²) in [5.41, 5.74) is 3.56. The molecule has 0 aliphatic rings. The molecule has 1 aromatic carbocycles. The van der Waals surface area contributed by atoms with E-state index in [1.165, 1.54) is 0 Å². The summed E-state index contributed by atoms with van der Waals surface area (Å²) in [5, 5.41) is 3.86. The Morgan fingerprint density at radius 3 is 2.55 bits per heavy atom. The number of allylic oxidation sites excluding steroid dienone is 1. The molecule has 2 rings (SSSR count). The van der Waals surface area contributed by atoms with Gasteiger partial charge in [-0.3, -0.25) is 4.79 Å². The van der Waals surface area contributed by atoms with Crippen LogP contribution >= 0.6 is 0 Å². The van der Waals surface area contributed by atoms with Crippen molar-refractivity contribution in [1.29, 1.82) is 0 Å². The molecule has 4 nitrogen and oxygen atoms in total. The number of pyridine rings is 1. The number of nitrogens with zero attached hydrogens (tertiary/aromatic N) is 2. The zero-order valence-electron chi connectivity index (χ0n) is 11.0. The summed E-state index contributed by atoms with van der Waals surface area (Å²) < 4.78 is 1.78. The monoisotopic (exact) mass is 266 g/mol. The molecule has 1 heterocycles. The van der Waals surface area contributed by atoms with Gasteiger partial charge >= 0.3 is 5.91 Å². The van der Waals surface area contributed by atoms with E-state index in [-0.39, 0.29) is 12.5 Å². The number of carbonyl (C=O) groups is 1. The molecule has 0 fully saturated rings. The van der Waals surface area contributed by atoms with Crippen LogP contribution in [-0.2, 0) is 11.3 Å². The molecule has 2 aromatic rings. The molecule has 0 bridgehead atoms. The van der Waals surface area contributed by atoms with Gasteiger partial charge in [-0.1, -0.05) is 42.5 Å². The lowest BCUT2D eigenvalue weighted by Crippen LogP contribution is -2.40. The number of carbonyl (C=O) groups excluding carboxylic acids is 1. The van der Waals surface area contributed by atoms with Crippen molar-refractivity contribution >= 4 is 18.2 Å². The summed E-state index contributed by atoms with van der Waals surface area (Å²) in [6, 6.07) is 15.5. The van der Waals surface area contributed by atoms with E-state index in [9.17, 15) is 4.79 Å². The van der Waals surface area contributed by atoms with Crippen LogP contribution in [0.25, 0.3) is 6.08 Å².